The van der Waals surface area contributed by atoms with Crippen LogP contribution in [0.1, 0.15) is 19.4 Å². The molecule has 0 amide bonds. The highest BCUT2D eigenvalue weighted by Crippen LogP contribution is 2.30. The minimum absolute atomic E-state index is 0.565. The highest BCUT2D eigenvalue weighted by atomic mass is 127. The van der Waals surface area contributed by atoms with Gasteiger partial charge in [0.25, 0.3) is 0 Å². The summed E-state index contributed by atoms with van der Waals surface area (Å²) in [5.74, 6) is 1.18. The summed E-state index contributed by atoms with van der Waals surface area (Å²) in [7, 11) is 0. The van der Waals surface area contributed by atoms with Gasteiger partial charge in [0, 0.05) is 14.7 Å². The largest absolute Gasteiger partial charge is 0.382 e. The van der Waals surface area contributed by atoms with Crippen LogP contribution >= 0.6 is 22.6 Å². The molecule has 0 aliphatic heterocycles. The van der Waals surface area contributed by atoms with Gasteiger partial charge >= 0.3 is 0 Å². The Bertz CT molecular complexity index is 517. The number of hydrogen-bond donors (Lipinski definition) is 2. The van der Waals surface area contributed by atoms with Crippen LogP contribution in [0.25, 0.3) is 11.3 Å². The number of nitrogen functional groups attached to an aromatic ring is 1. The number of aromatic nitrogens is 2. The SMILES string of the molecule is CC(C)Cc1c(N)n[nH]c1-c1ccccc1I. The lowest BCUT2D eigenvalue weighted by atomic mass is 9.99. The minimum Gasteiger partial charge on any atom is -0.382 e. The third-order valence-electron chi connectivity index (χ3n) is 2.65. The van der Waals surface area contributed by atoms with Crippen LogP contribution in [0.2, 0.25) is 0 Å². The molecule has 3 N–H and O–H groups in total. The van der Waals surface area contributed by atoms with Gasteiger partial charge in [-0.25, -0.2) is 0 Å². The highest BCUT2D eigenvalue weighted by Gasteiger charge is 2.15. The third-order valence-corrected chi connectivity index (χ3v) is 3.60. The molecule has 0 saturated heterocycles. The zero-order valence-corrected chi connectivity index (χ0v) is 12.2. The first-order valence-corrected chi connectivity index (χ1v) is 6.75. The van der Waals surface area contributed by atoms with Crippen molar-refractivity contribution in [1.82, 2.24) is 10.2 Å². The van der Waals surface area contributed by atoms with E-state index in [2.05, 4.69) is 58.8 Å². The summed E-state index contributed by atoms with van der Waals surface area (Å²) >= 11 is 2.33. The van der Waals surface area contributed by atoms with Gasteiger partial charge < -0.3 is 5.73 Å². The maximum Gasteiger partial charge on any atom is 0.149 e. The second kappa shape index (κ2) is 5.08. The molecule has 0 bridgehead atoms. The van der Waals surface area contributed by atoms with Crippen LogP contribution in [-0.4, -0.2) is 10.2 Å². The quantitative estimate of drug-likeness (QED) is 0.840. The molecule has 2 rings (SSSR count). The van der Waals surface area contributed by atoms with Crippen molar-refractivity contribution in [3.05, 3.63) is 33.4 Å². The van der Waals surface area contributed by atoms with Crippen LogP contribution in [0, 0.1) is 9.49 Å². The summed E-state index contributed by atoms with van der Waals surface area (Å²) in [5, 5.41) is 7.19. The molecule has 0 spiro atoms. The molecule has 3 nitrogen and oxygen atoms in total. The Balaban J connectivity index is 2.49. The van der Waals surface area contributed by atoms with Gasteiger partial charge in [0.05, 0.1) is 5.69 Å². The van der Waals surface area contributed by atoms with E-state index in [0.717, 1.165) is 17.7 Å². The summed E-state index contributed by atoms with van der Waals surface area (Å²) in [6, 6.07) is 8.26. The first-order chi connectivity index (χ1) is 8.09. The van der Waals surface area contributed by atoms with Crippen molar-refractivity contribution >= 4 is 28.4 Å². The number of nitrogens with two attached hydrogens (primary N) is 1. The molecule has 90 valence electrons. The van der Waals surface area contributed by atoms with E-state index in [9.17, 15) is 0 Å². The molecule has 0 saturated carbocycles. The minimum atomic E-state index is 0.565. The van der Waals surface area contributed by atoms with Gasteiger partial charge in [0.2, 0.25) is 0 Å². The highest BCUT2D eigenvalue weighted by molar-refractivity contribution is 14.1. The number of aromatic amines is 1. The fraction of sp³-hybridized carbons (Fsp3) is 0.308. The summed E-state index contributed by atoms with van der Waals surface area (Å²) < 4.78 is 1.21. The Morgan fingerprint density at radius 1 is 1.35 bits per heavy atom. The van der Waals surface area contributed by atoms with Crippen molar-refractivity contribution in [3.8, 4) is 11.3 Å². The van der Waals surface area contributed by atoms with Crippen LogP contribution in [-0.2, 0) is 6.42 Å². The van der Waals surface area contributed by atoms with Gasteiger partial charge in [-0.15, -0.1) is 0 Å². The molecular weight excluding hydrogens is 325 g/mol. The molecule has 0 aliphatic rings. The Kier molecular flexibility index (Phi) is 3.71. The number of halogens is 1. The first-order valence-electron chi connectivity index (χ1n) is 5.67. The molecule has 17 heavy (non-hydrogen) atoms. The normalized spacial score (nSPS) is 11.1. The molecule has 0 fully saturated rings. The van der Waals surface area contributed by atoms with E-state index in [4.69, 9.17) is 5.73 Å². The summed E-state index contributed by atoms with van der Waals surface area (Å²) in [6.45, 7) is 4.37. The molecule has 0 aliphatic carbocycles. The van der Waals surface area contributed by atoms with E-state index in [1.54, 1.807) is 0 Å². The van der Waals surface area contributed by atoms with E-state index in [1.165, 1.54) is 9.13 Å². The molecule has 4 heteroatoms. The van der Waals surface area contributed by atoms with E-state index < -0.39 is 0 Å². The molecule has 0 unspecified atom stereocenters. The number of nitrogens with one attached hydrogen (secondary N) is 1. The number of anilines is 1. The maximum atomic E-state index is 5.93. The lowest BCUT2D eigenvalue weighted by Crippen LogP contribution is -1.99. The van der Waals surface area contributed by atoms with Crippen molar-refractivity contribution in [2.45, 2.75) is 20.3 Å². The van der Waals surface area contributed by atoms with Crippen molar-refractivity contribution in [2.75, 3.05) is 5.73 Å². The molecule has 1 heterocycles. The average molecular weight is 341 g/mol. The number of hydrogen-bond acceptors (Lipinski definition) is 2. The van der Waals surface area contributed by atoms with Crippen LogP contribution in [0.15, 0.2) is 24.3 Å². The summed E-state index contributed by atoms with van der Waals surface area (Å²) in [6.07, 6.45) is 0.947. The van der Waals surface area contributed by atoms with E-state index in [1.807, 2.05) is 12.1 Å². The predicted molar refractivity (Wildman–Crippen MR) is 79.7 cm³/mol. The maximum absolute atomic E-state index is 5.93. The Morgan fingerprint density at radius 3 is 2.71 bits per heavy atom. The van der Waals surface area contributed by atoms with Gasteiger partial charge in [-0.2, -0.15) is 5.10 Å². The van der Waals surface area contributed by atoms with Crippen LogP contribution < -0.4 is 5.73 Å². The number of nitrogens with zero attached hydrogens (tertiary/aromatic N) is 1. The van der Waals surface area contributed by atoms with E-state index in [-0.39, 0.29) is 0 Å². The molecule has 2 aromatic rings. The van der Waals surface area contributed by atoms with Gasteiger partial charge in [0.15, 0.2) is 0 Å². The lowest BCUT2D eigenvalue weighted by Gasteiger charge is -2.08. The molecule has 0 atom stereocenters. The topological polar surface area (TPSA) is 54.7 Å². The standard InChI is InChI=1S/C13H16IN3/c1-8(2)7-10-12(16-17-13(10)15)9-5-3-4-6-11(9)14/h3-6,8H,7H2,1-2H3,(H3,15,16,17). The first kappa shape index (κ1) is 12.4. The average Bonchev–Trinajstić information content (AvgIpc) is 2.61. The van der Waals surface area contributed by atoms with Crippen LogP contribution in [0.4, 0.5) is 5.82 Å². The molecule has 0 radical (unpaired) electrons. The van der Waals surface area contributed by atoms with Crippen molar-refractivity contribution in [2.24, 2.45) is 5.92 Å². The van der Waals surface area contributed by atoms with Crippen LogP contribution in [0.3, 0.4) is 0 Å². The van der Waals surface area contributed by atoms with Gasteiger partial charge in [-0.3, -0.25) is 5.10 Å². The van der Waals surface area contributed by atoms with Crippen LogP contribution in [0.5, 0.6) is 0 Å². The Morgan fingerprint density at radius 2 is 2.06 bits per heavy atom. The van der Waals surface area contributed by atoms with Gasteiger partial charge in [0.1, 0.15) is 5.82 Å². The monoisotopic (exact) mass is 341 g/mol. The molecular formula is C13H16IN3. The fourth-order valence-corrected chi connectivity index (χ4v) is 2.54. The van der Waals surface area contributed by atoms with Crippen molar-refractivity contribution < 1.29 is 0 Å². The zero-order chi connectivity index (χ0) is 12.4. The zero-order valence-electron chi connectivity index (χ0n) is 10.00. The number of H-pyrrole nitrogens is 1. The van der Waals surface area contributed by atoms with Gasteiger partial charge in [-0.1, -0.05) is 32.0 Å². The fourth-order valence-electron chi connectivity index (χ4n) is 1.88. The van der Waals surface area contributed by atoms with Crippen molar-refractivity contribution in [1.29, 1.82) is 0 Å². The second-order valence-corrected chi connectivity index (χ2v) is 5.70. The Hall–Kier alpha value is -1.04. The summed E-state index contributed by atoms with van der Waals surface area (Å²) in [5.41, 5.74) is 9.29. The lowest BCUT2D eigenvalue weighted by molar-refractivity contribution is 0.649. The second-order valence-electron chi connectivity index (χ2n) is 4.54. The smallest absolute Gasteiger partial charge is 0.149 e. The third kappa shape index (κ3) is 2.62. The van der Waals surface area contributed by atoms with E-state index >= 15 is 0 Å². The Labute approximate surface area is 115 Å². The van der Waals surface area contributed by atoms with Crippen molar-refractivity contribution in [3.63, 3.8) is 0 Å². The summed E-state index contributed by atoms with van der Waals surface area (Å²) in [4.78, 5) is 0. The molecule has 1 aromatic carbocycles. The predicted octanol–water partition coefficient (Wildman–Crippen LogP) is 3.46. The molecule has 1 aromatic heterocycles. The van der Waals surface area contributed by atoms with Gasteiger partial charge in [-0.05, 0) is 41.0 Å². The number of benzene rings is 1. The van der Waals surface area contributed by atoms with E-state index in [0.29, 0.717) is 11.7 Å². The number of rotatable bonds is 3.